The number of nitrogens with zero attached hydrogens (tertiary/aromatic N) is 1. The van der Waals surface area contributed by atoms with Crippen molar-refractivity contribution < 1.29 is 16.8 Å². The van der Waals surface area contributed by atoms with E-state index in [0.29, 0.717) is 5.56 Å². The van der Waals surface area contributed by atoms with Gasteiger partial charge in [-0.25, -0.2) is 0 Å². The second kappa shape index (κ2) is 8.34. The molecule has 5 nitrogen and oxygen atoms in total. The third-order valence-electron chi connectivity index (χ3n) is 4.50. The largest absolute Gasteiger partial charge is 0.284 e. The van der Waals surface area contributed by atoms with Gasteiger partial charge >= 0.3 is 0 Å². The van der Waals surface area contributed by atoms with E-state index in [2.05, 4.69) is 12.0 Å². The molecule has 0 aliphatic rings. The summed E-state index contributed by atoms with van der Waals surface area (Å²) in [6, 6.07) is 21.4. The standard InChI is InChI=1S/C23H21NO4S2/c1-18-8-12-22(13-9-18)29(25,26)24(17-16-21-7-5-4-6-20(21)3)30(27,28)23-14-10-19(2)11-15-23/h4-15H,1-3H3. The minimum absolute atomic E-state index is 0.150. The van der Waals surface area contributed by atoms with Crippen molar-refractivity contribution in [3.8, 4) is 12.0 Å². The molecular formula is C23H21NO4S2. The van der Waals surface area contributed by atoms with Gasteiger partial charge in [0.15, 0.2) is 0 Å². The molecule has 0 aliphatic carbocycles. The summed E-state index contributed by atoms with van der Waals surface area (Å²) in [5.41, 5.74) is 3.06. The Morgan fingerprint density at radius 2 is 1.07 bits per heavy atom. The summed E-state index contributed by atoms with van der Waals surface area (Å²) in [5.74, 6) is 2.71. The molecule has 0 atom stereocenters. The summed E-state index contributed by atoms with van der Waals surface area (Å²) in [6.45, 7) is 5.45. The third-order valence-corrected chi connectivity index (χ3v) is 8.47. The lowest BCUT2D eigenvalue weighted by atomic mass is 10.1. The van der Waals surface area contributed by atoms with Crippen LogP contribution in [-0.4, -0.2) is 20.5 Å². The average Bonchev–Trinajstić information content (AvgIpc) is 2.70. The molecule has 0 saturated heterocycles. The smallest absolute Gasteiger partial charge is 0.199 e. The summed E-state index contributed by atoms with van der Waals surface area (Å²) in [4.78, 5) is -0.300. The van der Waals surface area contributed by atoms with E-state index >= 15 is 0 Å². The predicted molar refractivity (Wildman–Crippen MR) is 117 cm³/mol. The lowest BCUT2D eigenvalue weighted by molar-refractivity contribution is 0.542. The van der Waals surface area contributed by atoms with E-state index in [1.54, 1.807) is 36.4 Å². The van der Waals surface area contributed by atoms with E-state index in [9.17, 15) is 16.8 Å². The molecule has 3 aromatic carbocycles. The quantitative estimate of drug-likeness (QED) is 0.455. The fourth-order valence-electron chi connectivity index (χ4n) is 2.68. The number of rotatable bonds is 4. The predicted octanol–water partition coefficient (Wildman–Crippen LogP) is 4.00. The van der Waals surface area contributed by atoms with Crippen molar-refractivity contribution in [1.29, 1.82) is 0 Å². The Hall–Kier alpha value is -3.08. The van der Waals surface area contributed by atoms with Gasteiger partial charge in [-0.05, 0) is 62.6 Å². The molecule has 0 spiro atoms. The van der Waals surface area contributed by atoms with Crippen molar-refractivity contribution in [3.05, 3.63) is 95.1 Å². The van der Waals surface area contributed by atoms with Crippen LogP contribution in [0.2, 0.25) is 0 Å². The van der Waals surface area contributed by atoms with Gasteiger partial charge in [0.2, 0.25) is 0 Å². The number of sulfonamides is 2. The number of benzene rings is 3. The molecule has 0 aromatic heterocycles. The summed E-state index contributed by atoms with van der Waals surface area (Å²) in [7, 11) is -8.89. The summed E-state index contributed by atoms with van der Waals surface area (Å²) < 4.78 is 53.4. The van der Waals surface area contributed by atoms with E-state index in [4.69, 9.17) is 0 Å². The molecule has 0 saturated carbocycles. The third kappa shape index (κ3) is 4.40. The van der Waals surface area contributed by atoms with Crippen LogP contribution < -0.4 is 0 Å². The molecule has 3 rings (SSSR count). The second-order valence-electron chi connectivity index (χ2n) is 6.89. The van der Waals surface area contributed by atoms with Crippen LogP contribution >= 0.6 is 0 Å². The fourth-order valence-corrected chi connectivity index (χ4v) is 5.90. The zero-order valence-electron chi connectivity index (χ0n) is 16.8. The highest BCUT2D eigenvalue weighted by Crippen LogP contribution is 2.24. The molecular weight excluding hydrogens is 418 g/mol. The van der Waals surface area contributed by atoms with E-state index < -0.39 is 20.0 Å². The molecule has 0 radical (unpaired) electrons. The van der Waals surface area contributed by atoms with Gasteiger partial charge in [-0.15, -0.1) is 3.71 Å². The molecule has 0 bridgehead atoms. The lowest BCUT2D eigenvalue weighted by Crippen LogP contribution is -2.33. The van der Waals surface area contributed by atoms with Crippen molar-refractivity contribution in [2.45, 2.75) is 30.6 Å². The van der Waals surface area contributed by atoms with Crippen LogP contribution in [0.4, 0.5) is 0 Å². The topological polar surface area (TPSA) is 71.5 Å². The number of aryl methyl sites for hydroxylation is 3. The van der Waals surface area contributed by atoms with Gasteiger partial charge in [0, 0.05) is 11.6 Å². The first-order chi connectivity index (χ1) is 14.1. The molecule has 154 valence electrons. The van der Waals surface area contributed by atoms with Crippen LogP contribution in [0.15, 0.2) is 82.6 Å². The Kier molecular flexibility index (Phi) is 6.01. The first-order valence-corrected chi connectivity index (χ1v) is 12.0. The van der Waals surface area contributed by atoms with Gasteiger partial charge in [0.05, 0.1) is 9.79 Å². The van der Waals surface area contributed by atoms with E-state index in [1.165, 1.54) is 24.3 Å². The Morgan fingerprint density at radius 1 is 0.633 bits per heavy atom. The number of hydrogen-bond donors (Lipinski definition) is 0. The Labute approximate surface area is 178 Å². The maximum Gasteiger partial charge on any atom is 0.284 e. The zero-order valence-corrected chi connectivity index (χ0v) is 18.5. The highest BCUT2D eigenvalue weighted by Gasteiger charge is 2.34. The summed E-state index contributed by atoms with van der Waals surface area (Å²) >= 11 is 0. The highest BCUT2D eigenvalue weighted by atomic mass is 32.3. The molecule has 0 amide bonds. The molecule has 0 heterocycles. The highest BCUT2D eigenvalue weighted by molar-refractivity contribution is 8.04. The molecule has 0 aliphatic heterocycles. The molecule has 0 unspecified atom stereocenters. The van der Waals surface area contributed by atoms with Crippen molar-refractivity contribution >= 4 is 20.0 Å². The average molecular weight is 440 g/mol. The molecule has 0 fully saturated rings. The van der Waals surface area contributed by atoms with Crippen LogP contribution in [0, 0.1) is 32.7 Å². The SMILES string of the molecule is Cc1ccc(S(=O)(=O)N(C#Cc2ccccc2C)S(=O)(=O)c2ccc(C)cc2)cc1. The van der Waals surface area contributed by atoms with Crippen LogP contribution in [0.1, 0.15) is 22.3 Å². The van der Waals surface area contributed by atoms with Crippen molar-refractivity contribution in [3.63, 3.8) is 0 Å². The van der Waals surface area contributed by atoms with Crippen LogP contribution in [0.25, 0.3) is 0 Å². The van der Waals surface area contributed by atoms with E-state index in [-0.39, 0.29) is 13.5 Å². The minimum Gasteiger partial charge on any atom is -0.199 e. The normalized spacial score (nSPS) is 11.4. The first-order valence-electron chi connectivity index (χ1n) is 9.13. The van der Waals surface area contributed by atoms with Gasteiger partial charge in [-0.1, -0.05) is 53.6 Å². The summed E-state index contributed by atoms with van der Waals surface area (Å²) in [6.07, 6.45) is 0. The Bertz CT molecular complexity index is 1260. The number of hydrogen-bond acceptors (Lipinski definition) is 4. The fraction of sp³-hybridized carbons (Fsp3) is 0.130. The van der Waals surface area contributed by atoms with Crippen molar-refractivity contribution in [2.75, 3.05) is 0 Å². The minimum atomic E-state index is -4.45. The van der Waals surface area contributed by atoms with E-state index in [0.717, 1.165) is 16.7 Å². The van der Waals surface area contributed by atoms with Gasteiger partial charge in [0.1, 0.15) is 0 Å². The maximum absolute atomic E-state index is 13.3. The molecule has 7 heteroatoms. The van der Waals surface area contributed by atoms with Crippen LogP contribution in [-0.2, 0) is 20.0 Å². The molecule has 30 heavy (non-hydrogen) atoms. The van der Waals surface area contributed by atoms with Crippen LogP contribution in [0.5, 0.6) is 0 Å². The molecule has 3 aromatic rings. The van der Waals surface area contributed by atoms with Gasteiger partial charge in [-0.2, -0.15) is 16.8 Å². The second-order valence-corrected chi connectivity index (χ2v) is 10.7. The molecule has 0 N–H and O–H groups in total. The van der Waals surface area contributed by atoms with Crippen molar-refractivity contribution in [1.82, 2.24) is 3.71 Å². The zero-order chi connectivity index (χ0) is 21.9. The lowest BCUT2D eigenvalue weighted by Gasteiger charge is -2.18. The summed E-state index contributed by atoms with van der Waals surface area (Å²) in [5, 5.41) is 0. The van der Waals surface area contributed by atoms with Gasteiger partial charge < -0.3 is 0 Å². The Balaban J connectivity index is 2.20. The van der Waals surface area contributed by atoms with E-state index in [1.807, 2.05) is 32.9 Å². The van der Waals surface area contributed by atoms with Gasteiger partial charge in [-0.3, -0.25) is 0 Å². The van der Waals surface area contributed by atoms with Crippen molar-refractivity contribution in [2.24, 2.45) is 0 Å². The monoisotopic (exact) mass is 439 g/mol. The van der Waals surface area contributed by atoms with Gasteiger partial charge in [0.25, 0.3) is 20.0 Å². The maximum atomic E-state index is 13.3. The van der Waals surface area contributed by atoms with Crippen LogP contribution in [0.3, 0.4) is 0 Å². The first kappa shape index (κ1) is 21.6. The Morgan fingerprint density at radius 3 is 1.50 bits per heavy atom.